The molecule has 0 amide bonds. The van der Waals surface area contributed by atoms with E-state index in [1.165, 1.54) is 0 Å². The van der Waals surface area contributed by atoms with Crippen molar-refractivity contribution in [2.45, 2.75) is 0 Å². The van der Waals surface area contributed by atoms with Gasteiger partial charge in [0.25, 0.3) is 0 Å². The van der Waals surface area contributed by atoms with Crippen LogP contribution in [0.1, 0.15) is 5.71 Å². The normalized spacial score (nSPS) is 8.92. The van der Waals surface area contributed by atoms with E-state index in [4.69, 9.17) is 20.4 Å². The molecule has 0 bridgehead atoms. The second-order valence-corrected chi connectivity index (χ2v) is 4.00. The van der Waals surface area contributed by atoms with Gasteiger partial charge in [-0.25, -0.2) is 0 Å². The Morgan fingerprint density at radius 1 is 0.583 bits per heavy atom. The van der Waals surface area contributed by atoms with Crippen LogP contribution in [0.15, 0.2) is 0 Å². The number of carbonyl (C=O) groups is 4. The van der Waals surface area contributed by atoms with Crippen LogP contribution in [0, 0.1) is 0 Å². The Hall–Kier alpha value is 3.71. The Morgan fingerprint density at radius 3 is 0.875 bits per heavy atom. The van der Waals surface area contributed by atoms with Crippen LogP contribution < -0.4 is 184 Å². The average Bonchev–Trinajstić information content (AvgIpc) is 2.22. The Morgan fingerprint density at radius 2 is 0.750 bits per heavy atom. The predicted molar refractivity (Wildman–Crippen MR) is 67.9 cm³/mol. The number of carboxylic acid groups (broad SMARTS) is 4. The van der Waals surface area contributed by atoms with Crippen LogP contribution in [0.4, 0.5) is 0 Å². The molecule has 0 aliphatic heterocycles. The van der Waals surface area contributed by atoms with Gasteiger partial charge in [-0.3, -0.25) is 29.0 Å². The van der Waals surface area contributed by atoms with E-state index in [1.54, 1.807) is 0 Å². The first-order valence-electron chi connectivity index (χ1n) is 5.52. The molecule has 0 fully saturated rings. The van der Waals surface area contributed by atoms with Crippen LogP contribution in [0.25, 0.3) is 0 Å². The van der Waals surface area contributed by atoms with Gasteiger partial charge in [0.2, 0.25) is 0 Å². The molecular formula is C10H20K3N2NaO8. The smallest absolute Gasteiger partial charge is 1.00 e. The molecule has 0 radical (unpaired) electrons. The second-order valence-electron chi connectivity index (χ2n) is 4.00. The number of aliphatic carboxylic acids is 4. The summed E-state index contributed by atoms with van der Waals surface area (Å²) in [7, 11) is 0. The number of rotatable bonds is 11. The van der Waals surface area contributed by atoms with Crippen molar-refractivity contribution >= 4 is 23.9 Å². The maximum absolute atomic E-state index is 10.6. The molecular weight excluding hydrogens is 416 g/mol. The maximum Gasteiger partial charge on any atom is 1.00 e. The first-order valence-corrected chi connectivity index (χ1v) is 5.52. The van der Waals surface area contributed by atoms with Gasteiger partial charge in [-0.1, -0.05) is 0 Å². The van der Waals surface area contributed by atoms with E-state index in [0.29, 0.717) is 0 Å². The first-order chi connectivity index (χ1) is 9.20. The van der Waals surface area contributed by atoms with Gasteiger partial charge in [-0.2, -0.15) is 0 Å². The number of nitrogens with zero attached hydrogens (tertiary/aromatic N) is 2. The minimum Gasteiger partial charge on any atom is -1.00 e. The third kappa shape index (κ3) is 25.7. The Kier molecular flexibility index (Phi) is 36.7. The Labute approximate surface area is 294 Å². The molecule has 4 N–H and O–H groups in total. The van der Waals surface area contributed by atoms with Crippen molar-refractivity contribution in [3.8, 4) is 0 Å². The maximum atomic E-state index is 10.6. The van der Waals surface area contributed by atoms with Crippen molar-refractivity contribution in [2.24, 2.45) is 0 Å². The van der Waals surface area contributed by atoms with Gasteiger partial charge >= 0.3 is 208 Å². The second kappa shape index (κ2) is 23.0. The van der Waals surface area contributed by atoms with Crippen LogP contribution in [0.2, 0.25) is 0 Å². The van der Waals surface area contributed by atoms with E-state index in [9.17, 15) is 19.2 Å². The fourth-order valence-corrected chi connectivity index (χ4v) is 1.48. The molecule has 0 rings (SSSR count). The van der Waals surface area contributed by atoms with Crippen molar-refractivity contribution in [2.75, 3.05) is 39.3 Å². The molecule has 0 saturated heterocycles. The summed E-state index contributed by atoms with van der Waals surface area (Å²) in [5.74, 6) is -4.91. The number of hydrogen-bond donors (Lipinski definition) is 4. The quantitative estimate of drug-likeness (QED) is 0.229. The SMILES string of the molecule is O=C(O)CN(CCN(CC(=O)O)CC(=O)O)CC(=O)O.[H-].[H-].[H-].[H-].[K+].[K+].[K+].[Na+]. The summed E-state index contributed by atoms with van der Waals surface area (Å²) in [6, 6.07) is 0. The third-order valence-electron chi connectivity index (χ3n) is 2.17. The monoisotopic (exact) mass is 436 g/mol. The third-order valence-corrected chi connectivity index (χ3v) is 2.17. The Balaban J connectivity index is -0.0000000645. The summed E-state index contributed by atoms with van der Waals surface area (Å²) in [4.78, 5) is 44.4. The molecule has 0 aromatic heterocycles. The number of carboxylic acids is 4. The largest absolute Gasteiger partial charge is 1.00 e. The molecule has 0 saturated carbocycles. The van der Waals surface area contributed by atoms with Crippen LogP contribution in [-0.2, 0) is 19.2 Å². The van der Waals surface area contributed by atoms with Gasteiger partial charge < -0.3 is 26.1 Å². The summed E-state index contributed by atoms with van der Waals surface area (Å²) in [6.45, 7) is -2.25. The average molecular weight is 437 g/mol. The van der Waals surface area contributed by atoms with Crippen molar-refractivity contribution in [1.29, 1.82) is 0 Å². The molecule has 10 nitrogen and oxygen atoms in total. The van der Waals surface area contributed by atoms with Crippen molar-refractivity contribution in [3.63, 3.8) is 0 Å². The molecule has 0 atom stereocenters. The topological polar surface area (TPSA) is 156 Å². The summed E-state index contributed by atoms with van der Waals surface area (Å²) in [5, 5.41) is 34.5. The first kappa shape index (κ1) is 38.3. The summed E-state index contributed by atoms with van der Waals surface area (Å²) in [5.41, 5.74) is 0. The zero-order valence-corrected chi connectivity index (χ0v) is 25.9. The molecule has 14 heteroatoms. The molecule has 0 spiro atoms. The zero-order valence-electron chi connectivity index (χ0n) is 18.6. The minimum atomic E-state index is -1.23. The zero-order chi connectivity index (χ0) is 15.7. The van der Waals surface area contributed by atoms with E-state index in [0.717, 1.165) is 9.80 Å². The molecule has 0 unspecified atom stereocenters. The fraction of sp³-hybridized carbons (Fsp3) is 0.600. The van der Waals surface area contributed by atoms with Crippen molar-refractivity contribution < 1.29 is 229 Å². The van der Waals surface area contributed by atoms with Crippen LogP contribution in [0.5, 0.6) is 0 Å². The number of hydrogen-bond acceptors (Lipinski definition) is 6. The van der Waals surface area contributed by atoms with Crippen LogP contribution in [-0.4, -0.2) is 93.4 Å². The van der Waals surface area contributed by atoms with Crippen LogP contribution >= 0.6 is 0 Å². The van der Waals surface area contributed by atoms with E-state index >= 15 is 0 Å². The summed E-state index contributed by atoms with van der Waals surface area (Å²) in [6.07, 6.45) is 0. The molecule has 122 valence electrons. The van der Waals surface area contributed by atoms with Gasteiger partial charge in [0.15, 0.2) is 0 Å². The van der Waals surface area contributed by atoms with E-state index in [2.05, 4.69) is 0 Å². The fourth-order valence-electron chi connectivity index (χ4n) is 1.48. The van der Waals surface area contributed by atoms with Crippen molar-refractivity contribution in [3.05, 3.63) is 0 Å². The molecule has 0 aromatic rings. The summed E-state index contributed by atoms with van der Waals surface area (Å²) < 4.78 is 0. The molecule has 0 aromatic carbocycles. The van der Waals surface area contributed by atoms with Gasteiger partial charge in [-0.05, 0) is 0 Å². The van der Waals surface area contributed by atoms with Gasteiger partial charge in [0, 0.05) is 13.1 Å². The van der Waals surface area contributed by atoms with E-state index in [1.807, 2.05) is 0 Å². The predicted octanol–water partition coefficient (Wildman–Crippen LogP) is -13.6. The van der Waals surface area contributed by atoms with Gasteiger partial charge in [0.1, 0.15) is 0 Å². The molecule has 0 aliphatic carbocycles. The summed E-state index contributed by atoms with van der Waals surface area (Å²) >= 11 is 0. The standard InChI is InChI=1S/C10H16N2O8.3K.Na.4H/c13-7(14)3-11(4-8(15)16)1-2-12(5-9(17)18)6-10(19)20;;;;;;;;/h1-6H2,(H,13,14)(H,15,16)(H,17,18)(H,19,20);;;;;;;;/q;4*+1;4*-1. The van der Waals surface area contributed by atoms with Gasteiger partial charge in [-0.15, -0.1) is 0 Å². The van der Waals surface area contributed by atoms with Gasteiger partial charge in [0.05, 0.1) is 26.2 Å². The molecule has 0 heterocycles. The molecule has 24 heavy (non-hydrogen) atoms. The Bertz CT molecular complexity index is 351. The minimum absolute atomic E-state index is 0. The van der Waals surface area contributed by atoms with E-state index < -0.39 is 50.1 Å². The van der Waals surface area contributed by atoms with Crippen molar-refractivity contribution in [1.82, 2.24) is 9.80 Å². The van der Waals surface area contributed by atoms with E-state index in [-0.39, 0.29) is 203 Å². The van der Waals surface area contributed by atoms with Crippen LogP contribution in [0.3, 0.4) is 0 Å². The molecule has 0 aliphatic rings.